The highest BCUT2D eigenvalue weighted by Crippen LogP contribution is 2.33. The third kappa shape index (κ3) is 2.16. The minimum absolute atomic E-state index is 0.103. The van der Waals surface area contributed by atoms with Gasteiger partial charge in [0.15, 0.2) is 5.17 Å². The van der Waals surface area contributed by atoms with Gasteiger partial charge in [-0.3, -0.25) is 5.41 Å². The molecule has 1 heterocycles. The molecule has 1 aliphatic heterocycles. The number of β-amino-alcohol motifs (C(OH)–C–C–N with tert-alkyl or cyclic N) is 1. The number of amidine groups is 1. The van der Waals surface area contributed by atoms with Crippen molar-refractivity contribution < 1.29 is 5.11 Å². The molecule has 0 saturated carbocycles. The Morgan fingerprint density at radius 1 is 1.40 bits per heavy atom. The fraction of sp³-hybridized carbons (Fsp3) is 0.364. The smallest absolute Gasteiger partial charge is 0.157 e. The van der Waals surface area contributed by atoms with E-state index in [1.807, 2.05) is 23.1 Å². The average Bonchev–Trinajstić information content (AvgIpc) is 2.63. The van der Waals surface area contributed by atoms with Crippen molar-refractivity contribution >= 4 is 16.9 Å². The van der Waals surface area contributed by atoms with Crippen LogP contribution in [0.3, 0.4) is 0 Å². The van der Waals surface area contributed by atoms with Crippen LogP contribution < -0.4 is 0 Å². The van der Waals surface area contributed by atoms with Gasteiger partial charge in [-0.05, 0) is 5.56 Å². The lowest BCUT2D eigenvalue weighted by molar-refractivity contribution is 0.232. The number of nitrogens with one attached hydrogen (secondary N) is 1. The van der Waals surface area contributed by atoms with Crippen LogP contribution in [-0.2, 0) is 0 Å². The zero-order valence-corrected chi connectivity index (χ0v) is 9.20. The number of rotatable bonds is 3. The molecule has 2 rings (SSSR count). The summed E-state index contributed by atoms with van der Waals surface area (Å²) in [6.45, 7) is 0.650. The summed E-state index contributed by atoms with van der Waals surface area (Å²) in [5, 5.41) is 17.3. The van der Waals surface area contributed by atoms with Gasteiger partial charge in [0.1, 0.15) is 0 Å². The van der Waals surface area contributed by atoms with Crippen molar-refractivity contribution in [3.05, 3.63) is 35.9 Å². The van der Waals surface area contributed by atoms with Crippen LogP contribution in [0.2, 0.25) is 0 Å². The number of aliphatic hydroxyl groups is 1. The Balaban J connectivity index is 2.18. The van der Waals surface area contributed by atoms with Gasteiger partial charge in [-0.1, -0.05) is 42.1 Å². The van der Waals surface area contributed by atoms with E-state index in [1.165, 1.54) is 5.56 Å². The Labute approximate surface area is 93.6 Å². The highest BCUT2D eigenvalue weighted by Gasteiger charge is 2.29. The molecule has 1 fully saturated rings. The predicted molar refractivity (Wildman–Crippen MR) is 63.2 cm³/mol. The number of thioether (sulfide) groups is 1. The van der Waals surface area contributed by atoms with Crippen LogP contribution in [0.1, 0.15) is 11.6 Å². The topological polar surface area (TPSA) is 47.3 Å². The summed E-state index contributed by atoms with van der Waals surface area (Å²) in [6, 6.07) is 10.4. The summed E-state index contributed by atoms with van der Waals surface area (Å²) in [6.07, 6.45) is 0. The van der Waals surface area contributed by atoms with Crippen molar-refractivity contribution in [3.63, 3.8) is 0 Å². The summed E-state index contributed by atoms with van der Waals surface area (Å²) in [7, 11) is 0. The normalized spacial score (nSPS) is 21.0. The first-order valence-corrected chi connectivity index (χ1v) is 5.95. The lowest BCUT2D eigenvalue weighted by Gasteiger charge is -2.24. The van der Waals surface area contributed by atoms with Crippen LogP contribution in [0.25, 0.3) is 0 Å². The number of aliphatic hydroxyl groups excluding tert-OH is 1. The Kier molecular flexibility index (Phi) is 3.28. The maximum Gasteiger partial charge on any atom is 0.157 e. The summed E-state index contributed by atoms with van der Waals surface area (Å²) in [5.74, 6) is 0.906. The largest absolute Gasteiger partial charge is 0.395 e. The van der Waals surface area contributed by atoms with E-state index in [9.17, 15) is 0 Å². The van der Waals surface area contributed by atoms with Crippen molar-refractivity contribution in [1.29, 1.82) is 5.41 Å². The van der Waals surface area contributed by atoms with Gasteiger partial charge in [0.05, 0.1) is 12.6 Å². The lowest BCUT2D eigenvalue weighted by atomic mass is 10.1. The monoisotopic (exact) mass is 222 g/mol. The highest BCUT2D eigenvalue weighted by molar-refractivity contribution is 8.14. The van der Waals surface area contributed by atoms with Crippen molar-refractivity contribution in [2.45, 2.75) is 6.04 Å². The molecule has 80 valence electrons. The molecule has 1 aromatic carbocycles. The fourth-order valence-corrected chi connectivity index (χ4v) is 2.86. The maximum atomic E-state index is 8.96. The van der Waals surface area contributed by atoms with E-state index in [-0.39, 0.29) is 12.6 Å². The second kappa shape index (κ2) is 4.68. The van der Waals surface area contributed by atoms with Gasteiger partial charge in [-0.2, -0.15) is 0 Å². The zero-order chi connectivity index (χ0) is 10.7. The SMILES string of the molecule is N=C1SCC(c2ccccc2)N1CCO. The molecule has 0 aliphatic carbocycles. The van der Waals surface area contributed by atoms with Crippen LogP contribution in [-0.4, -0.2) is 34.1 Å². The predicted octanol–water partition coefficient (Wildman–Crippen LogP) is 1.70. The Bertz CT molecular complexity index is 342. The molecule has 0 aromatic heterocycles. The number of hydrogen-bond donors (Lipinski definition) is 2. The molecule has 3 nitrogen and oxygen atoms in total. The second-order valence-corrected chi connectivity index (χ2v) is 4.47. The van der Waals surface area contributed by atoms with E-state index in [1.54, 1.807) is 11.8 Å². The molecular formula is C11H14N2OS. The van der Waals surface area contributed by atoms with Crippen molar-refractivity contribution in [2.24, 2.45) is 0 Å². The number of benzene rings is 1. The quantitative estimate of drug-likeness (QED) is 0.818. The van der Waals surface area contributed by atoms with Crippen LogP contribution in [0.15, 0.2) is 30.3 Å². The summed E-state index contributed by atoms with van der Waals surface area (Å²) in [5.41, 5.74) is 1.22. The van der Waals surface area contributed by atoms with Crippen LogP contribution >= 0.6 is 11.8 Å². The van der Waals surface area contributed by atoms with E-state index in [4.69, 9.17) is 10.5 Å². The van der Waals surface area contributed by atoms with Crippen LogP contribution in [0, 0.1) is 5.41 Å². The molecule has 0 bridgehead atoms. The Morgan fingerprint density at radius 3 is 2.80 bits per heavy atom. The van der Waals surface area contributed by atoms with Gasteiger partial charge < -0.3 is 10.0 Å². The van der Waals surface area contributed by atoms with E-state index >= 15 is 0 Å². The molecule has 0 radical (unpaired) electrons. The molecular weight excluding hydrogens is 208 g/mol. The third-order valence-corrected chi connectivity index (χ3v) is 3.53. The maximum absolute atomic E-state index is 8.96. The van der Waals surface area contributed by atoms with Gasteiger partial charge in [-0.15, -0.1) is 0 Å². The van der Waals surface area contributed by atoms with E-state index < -0.39 is 0 Å². The van der Waals surface area contributed by atoms with Gasteiger partial charge in [0, 0.05) is 12.3 Å². The molecule has 1 unspecified atom stereocenters. The lowest BCUT2D eigenvalue weighted by Crippen LogP contribution is -2.30. The molecule has 0 spiro atoms. The van der Waals surface area contributed by atoms with Gasteiger partial charge in [-0.25, -0.2) is 0 Å². The third-order valence-electron chi connectivity index (χ3n) is 2.54. The number of nitrogens with zero attached hydrogens (tertiary/aromatic N) is 1. The van der Waals surface area contributed by atoms with E-state index in [2.05, 4.69) is 12.1 Å². The summed E-state index contributed by atoms with van der Waals surface area (Å²) in [4.78, 5) is 1.96. The standard InChI is InChI=1S/C11H14N2OS/c12-11-13(6-7-14)10(8-15-11)9-4-2-1-3-5-9/h1-5,10,12,14H,6-8H2. The second-order valence-electron chi connectivity index (χ2n) is 3.46. The highest BCUT2D eigenvalue weighted by atomic mass is 32.2. The van der Waals surface area contributed by atoms with Crippen LogP contribution in [0.5, 0.6) is 0 Å². The fourth-order valence-electron chi connectivity index (χ4n) is 1.79. The van der Waals surface area contributed by atoms with Gasteiger partial charge in [0.2, 0.25) is 0 Å². The Hall–Kier alpha value is -1.00. The van der Waals surface area contributed by atoms with E-state index in [0.29, 0.717) is 11.7 Å². The number of hydrogen-bond acceptors (Lipinski definition) is 3. The van der Waals surface area contributed by atoms with E-state index in [0.717, 1.165) is 5.75 Å². The summed E-state index contributed by atoms with van der Waals surface area (Å²) >= 11 is 1.55. The first kappa shape index (κ1) is 10.5. The van der Waals surface area contributed by atoms with Gasteiger partial charge in [0.25, 0.3) is 0 Å². The summed E-state index contributed by atoms with van der Waals surface area (Å²) < 4.78 is 0. The van der Waals surface area contributed by atoms with Crippen LogP contribution in [0.4, 0.5) is 0 Å². The molecule has 1 aliphatic rings. The molecule has 1 aromatic rings. The van der Waals surface area contributed by atoms with Gasteiger partial charge >= 0.3 is 0 Å². The zero-order valence-electron chi connectivity index (χ0n) is 8.39. The molecule has 1 atom stereocenters. The van der Waals surface area contributed by atoms with Crippen molar-refractivity contribution in [2.75, 3.05) is 18.9 Å². The van der Waals surface area contributed by atoms with Crippen molar-refractivity contribution in [1.82, 2.24) is 4.90 Å². The first-order valence-electron chi connectivity index (χ1n) is 4.96. The minimum atomic E-state index is 0.103. The molecule has 0 amide bonds. The first-order chi connectivity index (χ1) is 7.33. The molecule has 15 heavy (non-hydrogen) atoms. The molecule has 1 saturated heterocycles. The molecule has 2 N–H and O–H groups in total. The van der Waals surface area contributed by atoms with Crippen molar-refractivity contribution in [3.8, 4) is 0 Å². The average molecular weight is 222 g/mol. The minimum Gasteiger partial charge on any atom is -0.395 e. The molecule has 4 heteroatoms. The Morgan fingerprint density at radius 2 is 2.13 bits per heavy atom.